The Morgan fingerprint density at radius 3 is 2.48 bits per heavy atom. The van der Waals surface area contributed by atoms with Crippen molar-refractivity contribution in [2.75, 3.05) is 13.7 Å². The lowest BCUT2D eigenvalue weighted by Crippen LogP contribution is -2.32. The number of carbonyl (C=O) groups is 1. The van der Waals surface area contributed by atoms with Gasteiger partial charge in [-0.25, -0.2) is 0 Å². The maximum Gasteiger partial charge on any atom is 0.270 e. The lowest BCUT2D eigenvalue weighted by molar-refractivity contribution is -0.385. The Morgan fingerprint density at radius 2 is 2.00 bits per heavy atom. The summed E-state index contributed by atoms with van der Waals surface area (Å²) in [7, 11) is 0.248. The molecule has 1 aromatic carbocycles. The maximum atomic E-state index is 12.4. The summed E-state index contributed by atoms with van der Waals surface area (Å²) in [5, 5.41) is 10.9. The second-order valence-corrected chi connectivity index (χ2v) is 12.3. The van der Waals surface area contributed by atoms with Crippen LogP contribution in [0.4, 0.5) is 5.69 Å². The first-order chi connectivity index (χ1) is 10.7. The van der Waals surface area contributed by atoms with Crippen LogP contribution in [0.2, 0.25) is 25.7 Å². The molecule has 0 bridgehead atoms. The summed E-state index contributed by atoms with van der Waals surface area (Å²) in [4.78, 5) is 24.6. The fraction of sp³-hybridized carbons (Fsp3) is 0.562. The monoisotopic (exact) mass is 338 g/mol. The van der Waals surface area contributed by atoms with Crippen LogP contribution < -0.4 is 4.74 Å². The summed E-state index contributed by atoms with van der Waals surface area (Å²) in [5.74, 6) is 0.649. The van der Waals surface area contributed by atoms with E-state index in [9.17, 15) is 14.9 Å². The average molecular weight is 338 g/mol. The van der Waals surface area contributed by atoms with Gasteiger partial charge in [0.1, 0.15) is 5.75 Å². The molecule has 0 unspecified atom stereocenters. The molecule has 0 fully saturated rings. The molecule has 23 heavy (non-hydrogen) atoms. The number of nitro groups is 1. The third kappa shape index (κ3) is 6.01. The van der Waals surface area contributed by atoms with Gasteiger partial charge < -0.3 is 9.64 Å². The Labute approximate surface area is 138 Å². The molecule has 0 aromatic heterocycles. The highest BCUT2D eigenvalue weighted by atomic mass is 28.3. The molecule has 0 radical (unpaired) electrons. The van der Waals surface area contributed by atoms with E-state index in [1.165, 1.54) is 19.2 Å². The molecule has 0 atom stereocenters. The number of amides is 1. The highest BCUT2D eigenvalue weighted by Crippen LogP contribution is 2.25. The number of nitrogens with zero attached hydrogens (tertiary/aromatic N) is 2. The first kappa shape index (κ1) is 19.2. The first-order valence-electron chi connectivity index (χ1n) is 7.77. The summed E-state index contributed by atoms with van der Waals surface area (Å²) >= 11 is 0. The third-order valence-corrected chi connectivity index (χ3v) is 5.41. The lowest BCUT2D eigenvalue weighted by Gasteiger charge is -2.24. The molecule has 0 heterocycles. The Kier molecular flexibility index (Phi) is 6.74. The van der Waals surface area contributed by atoms with Crippen LogP contribution in [-0.4, -0.2) is 37.5 Å². The van der Waals surface area contributed by atoms with Crippen LogP contribution in [0, 0.1) is 10.1 Å². The van der Waals surface area contributed by atoms with Gasteiger partial charge >= 0.3 is 0 Å². The average Bonchev–Trinajstić information content (AvgIpc) is 2.49. The second-order valence-electron chi connectivity index (χ2n) is 6.72. The molecule has 128 valence electrons. The van der Waals surface area contributed by atoms with Crippen molar-refractivity contribution < 1.29 is 14.5 Å². The molecule has 6 nitrogen and oxygen atoms in total. The van der Waals surface area contributed by atoms with Gasteiger partial charge in [0, 0.05) is 45.3 Å². The number of ether oxygens (including phenoxy) is 1. The Hall–Kier alpha value is -1.89. The van der Waals surface area contributed by atoms with E-state index in [1.807, 2.05) is 6.92 Å². The van der Waals surface area contributed by atoms with Crippen molar-refractivity contribution in [1.82, 2.24) is 4.90 Å². The predicted molar refractivity (Wildman–Crippen MR) is 93.5 cm³/mol. The van der Waals surface area contributed by atoms with Gasteiger partial charge in [0.25, 0.3) is 5.69 Å². The van der Waals surface area contributed by atoms with Gasteiger partial charge in [0.2, 0.25) is 5.91 Å². The summed E-state index contributed by atoms with van der Waals surface area (Å²) in [6, 6.07) is 5.40. The molecule has 1 rings (SSSR count). The van der Waals surface area contributed by atoms with Crippen molar-refractivity contribution in [2.45, 2.75) is 45.6 Å². The molecule has 0 N–H and O–H groups in total. The fourth-order valence-corrected chi connectivity index (χ4v) is 3.19. The van der Waals surface area contributed by atoms with E-state index in [-0.39, 0.29) is 11.6 Å². The Morgan fingerprint density at radius 1 is 1.35 bits per heavy atom. The zero-order valence-electron chi connectivity index (χ0n) is 14.6. The minimum atomic E-state index is -1.27. The second kappa shape index (κ2) is 8.10. The van der Waals surface area contributed by atoms with Crippen LogP contribution in [0.3, 0.4) is 0 Å². The van der Waals surface area contributed by atoms with Crippen molar-refractivity contribution in [3.8, 4) is 5.75 Å². The van der Waals surface area contributed by atoms with Crippen LogP contribution in [0.5, 0.6) is 5.75 Å². The molecule has 0 aliphatic rings. The van der Waals surface area contributed by atoms with Gasteiger partial charge in [-0.1, -0.05) is 19.6 Å². The van der Waals surface area contributed by atoms with E-state index >= 15 is 0 Å². The number of rotatable bonds is 8. The van der Waals surface area contributed by atoms with Gasteiger partial charge in [0.05, 0.1) is 12.0 Å². The number of methoxy groups -OCH3 is 1. The minimum Gasteiger partial charge on any atom is -0.496 e. The zero-order chi connectivity index (χ0) is 17.6. The summed E-state index contributed by atoms with van der Waals surface area (Å²) in [6.45, 7) is 9.51. The zero-order valence-corrected chi connectivity index (χ0v) is 15.6. The number of hydrogen-bond acceptors (Lipinski definition) is 4. The largest absolute Gasteiger partial charge is 0.496 e. The maximum absolute atomic E-state index is 12.4. The van der Waals surface area contributed by atoms with Gasteiger partial charge in [-0.15, -0.1) is 0 Å². The van der Waals surface area contributed by atoms with E-state index in [1.54, 1.807) is 11.0 Å². The van der Waals surface area contributed by atoms with Crippen molar-refractivity contribution in [3.05, 3.63) is 33.9 Å². The van der Waals surface area contributed by atoms with E-state index in [0.717, 1.165) is 6.04 Å². The van der Waals surface area contributed by atoms with Gasteiger partial charge in [-0.05, 0) is 19.0 Å². The number of non-ortho nitro benzene ring substituents is 1. The number of benzene rings is 1. The van der Waals surface area contributed by atoms with Gasteiger partial charge in [0.15, 0.2) is 0 Å². The normalized spacial score (nSPS) is 11.2. The Balaban J connectivity index is 2.91. The van der Waals surface area contributed by atoms with Crippen LogP contribution in [0.1, 0.15) is 18.9 Å². The quantitative estimate of drug-likeness (QED) is 0.412. The number of carbonyl (C=O) groups excluding carboxylic acids is 1. The smallest absolute Gasteiger partial charge is 0.270 e. The van der Waals surface area contributed by atoms with Gasteiger partial charge in [-0.2, -0.15) is 0 Å². The summed E-state index contributed by atoms with van der Waals surface area (Å²) in [6.07, 6.45) is 0.529. The van der Waals surface area contributed by atoms with Crippen molar-refractivity contribution in [3.63, 3.8) is 0 Å². The molecule has 0 aliphatic carbocycles. The molecular weight excluding hydrogens is 312 g/mol. The molecule has 1 aromatic rings. The topological polar surface area (TPSA) is 72.7 Å². The van der Waals surface area contributed by atoms with Gasteiger partial charge in [-0.3, -0.25) is 14.9 Å². The van der Waals surface area contributed by atoms with Crippen LogP contribution in [0.25, 0.3) is 0 Å². The predicted octanol–water partition coefficient (Wildman–Crippen LogP) is 3.68. The number of hydrogen-bond donors (Lipinski definition) is 0. The minimum absolute atomic E-state index is 0.00593. The van der Waals surface area contributed by atoms with E-state index < -0.39 is 13.0 Å². The summed E-state index contributed by atoms with van der Waals surface area (Å²) < 4.78 is 5.27. The van der Waals surface area contributed by atoms with E-state index in [0.29, 0.717) is 30.8 Å². The van der Waals surface area contributed by atoms with Crippen LogP contribution >= 0.6 is 0 Å². The molecule has 0 aliphatic heterocycles. The van der Waals surface area contributed by atoms with E-state index in [4.69, 9.17) is 4.74 Å². The third-order valence-electron chi connectivity index (χ3n) is 3.66. The molecule has 0 saturated carbocycles. The molecule has 0 spiro atoms. The Bertz CT molecular complexity index is 570. The molecule has 1 amide bonds. The van der Waals surface area contributed by atoms with Crippen molar-refractivity contribution in [1.29, 1.82) is 0 Å². The molecule has 0 saturated heterocycles. The first-order valence-corrected chi connectivity index (χ1v) is 11.5. The highest BCUT2D eigenvalue weighted by Gasteiger charge is 2.20. The van der Waals surface area contributed by atoms with Crippen LogP contribution in [-0.2, 0) is 11.3 Å². The standard InChI is InChI=1S/C16H26N2O4Si/c1-6-17(16(19)9-10-23(3,4)5)12-13-11-14(18(20)21)7-8-15(13)22-2/h7-8,11H,6,9-10,12H2,1-5H3. The lowest BCUT2D eigenvalue weighted by atomic mass is 10.1. The summed E-state index contributed by atoms with van der Waals surface area (Å²) in [5.41, 5.74) is 0.663. The van der Waals surface area contributed by atoms with Crippen molar-refractivity contribution in [2.24, 2.45) is 0 Å². The molecular formula is C16H26N2O4Si. The fourth-order valence-electron chi connectivity index (χ4n) is 2.22. The van der Waals surface area contributed by atoms with E-state index in [2.05, 4.69) is 19.6 Å². The highest BCUT2D eigenvalue weighted by molar-refractivity contribution is 6.76. The van der Waals surface area contributed by atoms with Crippen molar-refractivity contribution >= 4 is 19.7 Å². The van der Waals surface area contributed by atoms with Crippen LogP contribution in [0.15, 0.2) is 18.2 Å². The SMILES string of the molecule is CCN(Cc1cc([N+](=O)[O-])ccc1OC)C(=O)CC[Si](C)(C)C. The number of nitro benzene ring substituents is 1. The molecule has 7 heteroatoms.